The number of fused-ring (bicyclic) bond motifs is 1. The maximum Gasteiger partial charge on any atom is 0.244 e. The molecule has 0 saturated heterocycles. The molecule has 3 aromatic rings. The lowest BCUT2D eigenvalue weighted by Crippen LogP contribution is -2.38. The molecule has 0 bridgehead atoms. The molecule has 11 heteroatoms. The predicted octanol–water partition coefficient (Wildman–Crippen LogP) is 2.67. The van der Waals surface area contributed by atoms with E-state index in [-0.39, 0.29) is 10.7 Å². The van der Waals surface area contributed by atoms with Crippen LogP contribution in [0.25, 0.3) is 28.2 Å². The fourth-order valence-electron chi connectivity index (χ4n) is 3.13. The molecule has 3 heterocycles. The molecule has 4 rings (SSSR count). The van der Waals surface area contributed by atoms with Crippen molar-refractivity contribution in [1.82, 2.24) is 24.2 Å². The van der Waals surface area contributed by atoms with Crippen molar-refractivity contribution in [3.63, 3.8) is 0 Å². The lowest BCUT2D eigenvalue weighted by molar-refractivity contribution is 0.334. The maximum atomic E-state index is 12.7. The Bertz CT molecular complexity index is 1370. The third-order valence-corrected chi connectivity index (χ3v) is 6.18. The molecule has 31 heavy (non-hydrogen) atoms. The van der Waals surface area contributed by atoms with Crippen LogP contribution in [0.3, 0.4) is 0 Å². The lowest BCUT2D eigenvalue weighted by Gasteiger charge is -2.15. The van der Waals surface area contributed by atoms with E-state index in [2.05, 4.69) is 21.0 Å². The second kappa shape index (κ2) is 7.98. The maximum absolute atomic E-state index is 12.7. The molecule has 8 nitrogen and oxygen atoms in total. The molecule has 1 N–H and O–H groups in total. The van der Waals surface area contributed by atoms with E-state index in [0.29, 0.717) is 22.3 Å². The first kappa shape index (κ1) is 20.8. The van der Waals surface area contributed by atoms with Gasteiger partial charge in [-0.3, -0.25) is 4.57 Å². The first-order valence-electron chi connectivity index (χ1n) is 9.17. The van der Waals surface area contributed by atoms with E-state index in [9.17, 15) is 22.5 Å². The topological polar surface area (TPSA) is 114 Å². The van der Waals surface area contributed by atoms with E-state index in [0.717, 1.165) is 23.8 Å². The van der Waals surface area contributed by atoms with Gasteiger partial charge < -0.3 is 0 Å². The van der Waals surface area contributed by atoms with E-state index >= 15 is 0 Å². The summed E-state index contributed by atoms with van der Waals surface area (Å²) in [6.45, 7) is -0.538. The van der Waals surface area contributed by atoms with E-state index < -0.39 is 29.4 Å². The fraction of sp³-hybridized carbons (Fsp3) is 0.200. The molecule has 0 aromatic carbocycles. The molecular weight excluding hydrogens is 426 g/mol. The Morgan fingerprint density at radius 3 is 2.45 bits per heavy atom. The standard InChI is InChI=1S/C20H16F2N6O2S/c1-12-5-6-16-17(9-23)18(28(20(16)26-12)14-3-2-4-14)19-24-10-15(11-25-19)31(29,30)27-13(7-21)8-22/h2-6,10-11,13,27H,7-8H2,1H3. The van der Waals surface area contributed by atoms with Gasteiger partial charge in [0.25, 0.3) is 0 Å². The summed E-state index contributed by atoms with van der Waals surface area (Å²) < 4.78 is 53.8. The Morgan fingerprint density at radius 2 is 1.90 bits per heavy atom. The number of sulfonamides is 1. The number of aromatic nitrogens is 4. The largest absolute Gasteiger partial charge is 0.290 e. The predicted molar refractivity (Wildman–Crippen MR) is 110 cm³/mol. The summed E-state index contributed by atoms with van der Waals surface area (Å²) in [6, 6.07) is 4.25. The summed E-state index contributed by atoms with van der Waals surface area (Å²) in [5.41, 5.74) is 2.75. The third-order valence-electron chi connectivity index (χ3n) is 4.70. The number of nitriles is 1. The molecule has 0 fully saturated rings. The zero-order valence-corrected chi connectivity index (χ0v) is 17.1. The highest BCUT2D eigenvalue weighted by Crippen LogP contribution is 2.35. The van der Waals surface area contributed by atoms with Gasteiger partial charge in [0.05, 0.1) is 24.0 Å². The molecule has 1 aliphatic rings. The van der Waals surface area contributed by atoms with Gasteiger partial charge in [0, 0.05) is 16.8 Å². The van der Waals surface area contributed by atoms with Crippen molar-refractivity contribution in [3.8, 4) is 17.6 Å². The van der Waals surface area contributed by atoms with Crippen molar-refractivity contribution in [2.75, 3.05) is 13.3 Å². The fourth-order valence-corrected chi connectivity index (χ4v) is 4.21. The SMILES string of the molecule is Cc1ccc2c(C#N)c(-c3ncc(S(=O)(=O)NC(CF)CF)cn3)n(C3=CC=C3)c2n1. The third kappa shape index (κ3) is 3.60. The number of nitrogens with zero attached hydrogens (tertiary/aromatic N) is 5. The molecule has 0 amide bonds. The highest BCUT2D eigenvalue weighted by Gasteiger charge is 2.26. The molecule has 0 spiro atoms. The number of hydrogen-bond acceptors (Lipinski definition) is 6. The lowest BCUT2D eigenvalue weighted by atomic mass is 10.1. The number of alkyl halides is 2. The summed E-state index contributed by atoms with van der Waals surface area (Å²) in [5.74, 6) is 0.111. The Hall–Kier alpha value is -3.49. The monoisotopic (exact) mass is 442 g/mol. The van der Waals surface area contributed by atoms with Crippen molar-refractivity contribution in [2.45, 2.75) is 17.9 Å². The first-order valence-corrected chi connectivity index (χ1v) is 10.7. The summed E-state index contributed by atoms with van der Waals surface area (Å²) >= 11 is 0. The van der Waals surface area contributed by atoms with Gasteiger partial charge in [-0.2, -0.15) is 5.26 Å². The molecule has 158 valence electrons. The van der Waals surface area contributed by atoms with Crippen LogP contribution in [0.1, 0.15) is 11.3 Å². The average Bonchev–Trinajstić information content (AvgIpc) is 3.04. The highest BCUT2D eigenvalue weighted by molar-refractivity contribution is 7.89. The Labute approximate surface area is 176 Å². The quantitative estimate of drug-likeness (QED) is 0.602. The normalized spacial score (nSPS) is 13.3. The minimum atomic E-state index is -4.21. The van der Waals surface area contributed by atoms with Gasteiger partial charge in [-0.15, -0.1) is 0 Å². The zero-order valence-electron chi connectivity index (χ0n) is 16.2. The summed E-state index contributed by atoms with van der Waals surface area (Å²) in [7, 11) is -4.21. The zero-order chi connectivity index (χ0) is 22.2. The van der Waals surface area contributed by atoms with Crippen molar-refractivity contribution in [3.05, 3.63) is 54.0 Å². The number of hydrogen-bond donors (Lipinski definition) is 1. The van der Waals surface area contributed by atoms with E-state index in [1.54, 1.807) is 16.7 Å². The average molecular weight is 442 g/mol. The number of rotatable bonds is 7. The van der Waals surface area contributed by atoms with Crippen molar-refractivity contribution in [2.24, 2.45) is 0 Å². The first-order chi connectivity index (χ1) is 14.9. The molecule has 1 aliphatic carbocycles. The second-order valence-electron chi connectivity index (χ2n) is 6.81. The molecule has 0 atom stereocenters. The van der Waals surface area contributed by atoms with Crippen LogP contribution in [0.5, 0.6) is 0 Å². The molecule has 0 radical (unpaired) electrons. The Kier molecular flexibility index (Phi) is 5.34. The van der Waals surface area contributed by atoms with Crippen molar-refractivity contribution >= 4 is 26.8 Å². The number of aryl methyl sites for hydroxylation is 1. The van der Waals surface area contributed by atoms with Crippen LogP contribution in [0, 0.1) is 18.3 Å². The molecular formula is C20H16F2N6O2S. The van der Waals surface area contributed by atoms with Crippen LogP contribution in [-0.2, 0) is 10.0 Å². The van der Waals surface area contributed by atoms with E-state index in [4.69, 9.17) is 0 Å². The van der Waals surface area contributed by atoms with Gasteiger partial charge >= 0.3 is 0 Å². The number of pyridine rings is 1. The van der Waals surface area contributed by atoms with Gasteiger partial charge in [-0.1, -0.05) is 6.08 Å². The van der Waals surface area contributed by atoms with Gasteiger partial charge in [-0.05, 0) is 31.2 Å². The summed E-state index contributed by atoms with van der Waals surface area (Å²) in [6.07, 6.45) is 7.58. The van der Waals surface area contributed by atoms with Crippen LogP contribution >= 0.6 is 0 Å². The molecule has 0 aliphatic heterocycles. The van der Waals surface area contributed by atoms with Crippen LogP contribution in [-0.4, -0.2) is 47.3 Å². The summed E-state index contributed by atoms with van der Waals surface area (Å²) in [5, 5.41) is 10.4. The van der Waals surface area contributed by atoms with Gasteiger partial charge in [0.1, 0.15) is 35.7 Å². The Morgan fingerprint density at radius 1 is 1.23 bits per heavy atom. The van der Waals surface area contributed by atoms with Crippen LogP contribution in [0.15, 0.2) is 47.6 Å². The van der Waals surface area contributed by atoms with Crippen LogP contribution in [0.4, 0.5) is 8.78 Å². The minimum absolute atomic E-state index is 0.111. The van der Waals surface area contributed by atoms with Crippen molar-refractivity contribution in [1.29, 1.82) is 5.26 Å². The number of allylic oxidation sites excluding steroid dienone is 4. The minimum Gasteiger partial charge on any atom is -0.290 e. The van der Waals surface area contributed by atoms with Gasteiger partial charge in [-0.25, -0.2) is 36.9 Å². The molecule has 0 unspecified atom stereocenters. The second-order valence-corrected chi connectivity index (χ2v) is 8.53. The van der Waals surface area contributed by atoms with Crippen molar-refractivity contribution < 1.29 is 17.2 Å². The molecule has 3 aromatic heterocycles. The van der Waals surface area contributed by atoms with Gasteiger partial charge in [0.2, 0.25) is 10.0 Å². The van der Waals surface area contributed by atoms with Gasteiger partial charge in [0.15, 0.2) is 5.82 Å². The van der Waals surface area contributed by atoms with Crippen LogP contribution < -0.4 is 4.72 Å². The summed E-state index contributed by atoms with van der Waals surface area (Å²) in [4.78, 5) is 12.5. The number of halogens is 2. The van der Waals surface area contributed by atoms with E-state index in [1.165, 1.54) is 0 Å². The molecule has 0 saturated carbocycles. The smallest absolute Gasteiger partial charge is 0.244 e. The number of nitrogens with one attached hydrogen (secondary N) is 1. The van der Waals surface area contributed by atoms with E-state index in [1.807, 2.05) is 29.9 Å². The highest BCUT2D eigenvalue weighted by atomic mass is 32.2. The Balaban J connectivity index is 1.84. The van der Waals surface area contributed by atoms with Crippen LogP contribution in [0.2, 0.25) is 0 Å².